The lowest BCUT2D eigenvalue weighted by Crippen LogP contribution is -2.24. The van der Waals surface area contributed by atoms with Gasteiger partial charge in [-0.3, -0.25) is 4.98 Å². The minimum absolute atomic E-state index is 0.0222. The second-order valence-corrected chi connectivity index (χ2v) is 4.22. The van der Waals surface area contributed by atoms with Crippen molar-refractivity contribution in [3.05, 3.63) is 24.0 Å². The Morgan fingerprint density at radius 1 is 1.35 bits per heavy atom. The van der Waals surface area contributed by atoms with E-state index in [1.807, 2.05) is 13.0 Å². The molecule has 1 heterocycles. The molecule has 0 saturated carbocycles. The van der Waals surface area contributed by atoms with E-state index in [1.165, 1.54) is 7.11 Å². The van der Waals surface area contributed by atoms with E-state index < -0.39 is 12.8 Å². The molecular weight excluding hydrogens is 273 g/mol. The van der Waals surface area contributed by atoms with E-state index >= 15 is 0 Å². The molecule has 114 valence electrons. The van der Waals surface area contributed by atoms with Gasteiger partial charge in [-0.15, -0.1) is 0 Å². The van der Waals surface area contributed by atoms with Gasteiger partial charge in [-0.2, -0.15) is 13.2 Å². The maximum atomic E-state index is 12.0. The van der Waals surface area contributed by atoms with Gasteiger partial charge >= 0.3 is 6.18 Å². The molecule has 0 bridgehead atoms. The third kappa shape index (κ3) is 6.21. The molecule has 7 heteroatoms. The van der Waals surface area contributed by atoms with Crippen LogP contribution in [-0.4, -0.2) is 38.0 Å². The Bertz CT molecular complexity index is 399. The summed E-state index contributed by atoms with van der Waals surface area (Å²) in [6, 6.07) is 1.69. The summed E-state index contributed by atoms with van der Waals surface area (Å²) in [5.74, 6) is 0.613. The van der Waals surface area contributed by atoms with Crippen LogP contribution >= 0.6 is 0 Å². The number of hydrogen-bond acceptors (Lipinski definition) is 4. The number of aromatic nitrogens is 1. The second-order valence-electron chi connectivity index (χ2n) is 4.22. The predicted molar refractivity (Wildman–Crippen MR) is 68.7 cm³/mol. The van der Waals surface area contributed by atoms with Gasteiger partial charge in [0.15, 0.2) is 0 Å². The Balaban J connectivity index is 2.55. The SMILES string of the molecule is CCNC(CCOCC(F)(F)F)c1cncc(OC)c1. The van der Waals surface area contributed by atoms with Crippen molar-refractivity contribution in [3.8, 4) is 5.75 Å². The molecule has 1 unspecified atom stereocenters. The quantitative estimate of drug-likeness (QED) is 0.748. The topological polar surface area (TPSA) is 43.4 Å². The Labute approximate surface area is 116 Å². The Hall–Kier alpha value is -1.34. The Kier molecular flexibility index (Phi) is 6.74. The van der Waals surface area contributed by atoms with Crippen molar-refractivity contribution in [2.75, 3.05) is 26.9 Å². The number of methoxy groups -OCH3 is 1. The number of nitrogens with zero attached hydrogens (tertiary/aromatic N) is 1. The number of halogens is 3. The average Bonchev–Trinajstić information content (AvgIpc) is 2.41. The van der Waals surface area contributed by atoms with E-state index in [-0.39, 0.29) is 12.6 Å². The van der Waals surface area contributed by atoms with Crippen molar-refractivity contribution >= 4 is 0 Å². The first-order valence-corrected chi connectivity index (χ1v) is 6.33. The summed E-state index contributed by atoms with van der Waals surface area (Å²) in [5.41, 5.74) is 0.863. The van der Waals surface area contributed by atoms with Gasteiger partial charge in [-0.05, 0) is 24.6 Å². The first-order chi connectivity index (χ1) is 9.46. The molecule has 0 amide bonds. The van der Waals surface area contributed by atoms with Gasteiger partial charge < -0.3 is 14.8 Å². The Morgan fingerprint density at radius 3 is 2.70 bits per heavy atom. The van der Waals surface area contributed by atoms with E-state index in [9.17, 15) is 13.2 Å². The zero-order valence-corrected chi connectivity index (χ0v) is 11.5. The van der Waals surface area contributed by atoms with Crippen molar-refractivity contribution in [1.82, 2.24) is 10.3 Å². The van der Waals surface area contributed by atoms with Crippen LogP contribution in [0.5, 0.6) is 5.75 Å². The van der Waals surface area contributed by atoms with Gasteiger partial charge in [-0.25, -0.2) is 0 Å². The molecular formula is C13H19F3N2O2. The molecule has 1 aromatic heterocycles. The molecule has 0 aliphatic rings. The zero-order valence-electron chi connectivity index (χ0n) is 11.5. The van der Waals surface area contributed by atoms with Crippen molar-refractivity contribution < 1.29 is 22.6 Å². The van der Waals surface area contributed by atoms with Gasteiger partial charge in [0.2, 0.25) is 0 Å². The van der Waals surface area contributed by atoms with E-state index in [1.54, 1.807) is 12.4 Å². The summed E-state index contributed by atoms with van der Waals surface area (Å²) in [6.07, 6.45) is -0.615. The highest BCUT2D eigenvalue weighted by molar-refractivity contribution is 5.25. The van der Waals surface area contributed by atoms with Crippen molar-refractivity contribution in [2.45, 2.75) is 25.6 Å². The van der Waals surface area contributed by atoms with Crippen LogP contribution in [0.25, 0.3) is 0 Å². The summed E-state index contributed by atoms with van der Waals surface area (Å²) in [6.45, 7) is 1.43. The number of ether oxygens (including phenoxy) is 2. The van der Waals surface area contributed by atoms with Gasteiger partial charge in [0.1, 0.15) is 12.4 Å². The number of nitrogens with one attached hydrogen (secondary N) is 1. The van der Waals surface area contributed by atoms with Crippen LogP contribution in [0.15, 0.2) is 18.5 Å². The zero-order chi connectivity index (χ0) is 15.0. The van der Waals surface area contributed by atoms with Crippen LogP contribution in [0, 0.1) is 0 Å². The molecule has 0 aliphatic carbocycles. The molecule has 1 aromatic rings. The maximum absolute atomic E-state index is 12.0. The van der Waals surface area contributed by atoms with Crippen LogP contribution in [0.1, 0.15) is 24.9 Å². The third-order valence-corrected chi connectivity index (χ3v) is 2.64. The lowest BCUT2D eigenvalue weighted by molar-refractivity contribution is -0.174. The molecule has 0 spiro atoms. The van der Waals surface area contributed by atoms with E-state index in [0.29, 0.717) is 18.7 Å². The van der Waals surface area contributed by atoms with Crippen LogP contribution in [0.4, 0.5) is 13.2 Å². The highest BCUT2D eigenvalue weighted by Crippen LogP contribution is 2.21. The van der Waals surface area contributed by atoms with Gasteiger partial charge in [0, 0.05) is 18.8 Å². The summed E-state index contributed by atoms with van der Waals surface area (Å²) in [5, 5.41) is 3.19. The molecule has 1 rings (SSSR count). The molecule has 1 atom stereocenters. The number of rotatable bonds is 8. The van der Waals surface area contributed by atoms with E-state index in [4.69, 9.17) is 4.74 Å². The normalized spacial score (nSPS) is 13.2. The minimum atomic E-state index is -4.29. The lowest BCUT2D eigenvalue weighted by atomic mass is 10.1. The second kappa shape index (κ2) is 8.06. The smallest absolute Gasteiger partial charge is 0.411 e. The molecule has 0 saturated heterocycles. The number of pyridine rings is 1. The van der Waals surface area contributed by atoms with Crippen LogP contribution in [0.2, 0.25) is 0 Å². The molecule has 0 aromatic carbocycles. The first kappa shape index (κ1) is 16.7. The predicted octanol–water partition coefficient (Wildman–Crippen LogP) is 2.71. The van der Waals surface area contributed by atoms with Crippen molar-refractivity contribution in [2.24, 2.45) is 0 Å². The van der Waals surface area contributed by atoms with Gasteiger partial charge in [-0.1, -0.05) is 6.92 Å². The van der Waals surface area contributed by atoms with Gasteiger partial charge in [0.25, 0.3) is 0 Å². The number of alkyl halides is 3. The summed E-state index contributed by atoms with van der Waals surface area (Å²) in [7, 11) is 1.54. The molecule has 0 radical (unpaired) electrons. The highest BCUT2D eigenvalue weighted by Gasteiger charge is 2.27. The monoisotopic (exact) mass is 292 g/mol. The lowest BCUT2D eigenvalue weighted by Gasteiger charge is -2.18. The largest absolute Gasteiger partial charge is 0.495 e. The van der Waals surface area contributed by atoms with E-state index in [0.717, 1.165) is 5.56 Å². The molecule has 20 heavy (non-hydrogen) atoms. The van der Waals surface area contributed by atoms with Crippen LogP contribution in [-0.2, 0) is 4.74 Å². The minimum Gasteiger partial charge on any atom is -0.495 e. The fourth-order valence-electron chi connectivity index (χ4n) is 1.76. The highest BCUT2D eigenvalue weighted by atomic mass is 19.4. The fraction of sp³-hybridized carbons (Fsp3) is 0.615. The van der Waals surface area contributed by atoms with Crippen molar-refractivity contribution in [1.29, 1.82) is 0 Å². The van der Waals surface area contributed by atoms with Crippen molar-refractivity contribution in [3.63, 3.8) is 0 Å². The number of hydrogen-bond donors (Lipinski definition) is 1. The summed E-state index contributed by atoms with van der Waals surface area (Å²) >= 11 is 0. The van der Waals surface area contributed by atoms with Gasteiger partial charge in [0.05, 0.1) is 13.3 Å². The average molecular weight is 292 g/mol. The Morgan fingerprint density at radius 2 is 2.10 bits per heavy atom. The standard InChI is InChI=1S/C13H19F3N2O2/c1-3-18-12(4-5-20-9-13(14,15)16)10-6-11(19-2)8-17-7-10/h6-8,12,18H,3-5,9H2,1-2H3. The first-order valence-electron chi connectivity index (χ1n) is 6.33. The molecule has 1 N–H and O–H groups in total. The van der Waals surface area contributed by atoms with Crippen LogP contribution < -0.4 is 10.1 Å². The maximum Gasteiger partial charge on any atom is 0.411 e. The molecule has 0 aliphatic heterocycles. The fourth-order valence-corrected chi connectivity index (χ4v) is 1.76. The van der Waals surface area contributed by atoms with E-state index in [2.05, 4.69) is 15.0 Å². The third-order valence-electron chi connectivity index (χ3n) is 2.64. The summed E-state index contributed by atoms with van der Waals surface area (Å²) in [4.78, 5) is 4.04. The summed E-state index contributed by atoms with van der Waals surface area (Å²) < 4.78 is 45.7. The van der Waals surface area contributed by atoms with Crippen LogP contribution in [0.3, 0.4) is 0 Å². The molecule has 4 nitrogen and oxygen atoms in total. The molecule has 0 fully saturated rings.